The summed E-state index contributed by atoms with van der Waals surface area (Å²) in [6, 6.07) is 20.4. The highest BCUT2D eigenvalue weighted by Gasteiger charge is 2.22. The molecule has 1 aliphatic rings. The highest BCUT2D eigenvalue weighted by Crippen LogP contribution is 2.19. The molecule has 2 amide bonds. The molecular weight excluding hydrogens is 414 g/mol. The van der Waals surface area contributed by atoms with Crippen LogP contribution >= 0.6 is 11.6 Å². The Morgan fingerprint density at radius 3 is 2.23 bits per heavy atom. The SMILES string of the molecule is O=C(NCC(=O)N1CCN(c2ccc(-c3ccccc3)nn2)CC1)c1ccc(Cl)cc1. The van der Waals surface area contributed by atoms with E-state index in [9.17, 15) is 9.59 Å². The van der Waals surface area contributed by atoms with Crippen LogP contribution in [0.1, 0.15) is 10.4 Å². The monoisotopic (exact) mass is 435 g/mol. The zero-order chi connectivity index (χ0) is 21.6. The van der Waals surface area contributed by atoms with E-state index >= 15 is 0 Å². The Morgan fingerprint density at radius 1 is 0.871 bits per heavy atom. The van der Waals surface area contributed by atoms with E-state index in [0.29, 0.717) is 36.8 Å². The van der Waals surface area contributed by atoms with Gasteiger partial charge in [-0.05, 0) is 36.4 Å². The number of aromatic nitrogens is 2. The first-order chi connectivity index (χ1) is 15.1. The van der Waals surface area contributed by atoms with E-state index in [0.717, 1.165) is 17.1 Å². The van der Waals surface area contributed by atoms with Crippen molar-refractivity contribution in [3.63, 3.8) is 0 Å². The second kappa shape index (κ2) is 9.57. The maximum atomic E-state index is 12.5. The van der Waals surface area contributed by atoms with Crippen molar-refractivity contribution in [1.82, 2.24) is 20.4 Å². The van der Waals surface area contributed by atoms with Crippen molar-refractivity contribution < 1.29 is 9.59 Å². The third-order valence-corrected chi connectivity index (χ3v) is 5.43. The van der Waals surface area contributed by atoms with Gasteiger partial charge in [-0.25, -0.2) is 0 Å². The summed E-state index contributed by atoms with van der Waals surface area (Å²) in [5.41, 5.74) is 2.33. The second-order valence-electron chi connectivity index (χ2n) is 7.20. The van der Waals surface area contributed by atoms with Gasteiger partial charge in [0.15, 0.2) is 5.82 Å². The number of halogens is 1. The van der Waals surface area contributed by atoms with Crippen LogP contribution in [0.25, 0.3) is 11.3 Å². The third-order valence-electron chi connectivity index (χ3n) is 5.18. The smallest absolute Gasteiger partial charge is 0.251 e. The summed E-state index contributed by atoms with van der Waals surface area (Å²) in [6.07, 6.45) is 0. The maximum absolute atomic E-state index is 12.5. The van der Waals surface area contributed by atoms with Crippen LogP contribution in [0.2, 0.25) is 5.02 Å². The summed E-state index contributed by atoms with van der Waals surface area (Å²) in [6.45, 7) is 2.43. The molecule has 0 bridgehead atoms. The van der Waals surface area contributed by atoms with Gasteiger partial charge in [0.25, 0.3) is 5.91 Å². The van der Waals surface area contributed by atoms with Crippen LogP contribution in [-0.4, -0.2) is 59.6 Å². The molecule has 1 saturated heterocycles. The topological polar surface area (TPSA) is 78.4 Å². The molecule has 0 saturated carbocycles. The van der Waals surface area contributed by atoms with Crippen LogP contribution in [0.5, 0.6) is 0 Å². The zero-order valence-corrected chi connectivity index (χ0v) is 17.6. The summed E-state index contributed by atoms with van der Waals surface area (Å²) in [4.78, 5) is 28.5. The van der Waals surface area contributed by atoms with Gasteiger partial charge in [0.1, 0.15) is 0 Å². The van der Waals surface area contributed by atoms with Crippen LogP contribution < -0.4 is 10.2 Å². The molecule has 2 heterocycles. The van der Waals surface area contributed by atoms with Gasteiger partial charge in [0, 0.05) is 42.3 Å². The molecule has 1 N–H and O–H groups in total. The largest absolute Gasteiger partial charge is 0.352 e. The van der Waals surface area contributed by atoms with Gasteiger partial charge in [0.2, 0.25) is 5.91 Å². The van der Waals surface area contributed by atoms with Gasteiger partial charge in [0.05, 0.1) is 12.2 Å². The second-order valence-corrected chi connectivity index (χ2v) is 7.64. The van der Waals surface area contributed by atoms with E-state index < -0.39 is 0 Å². The number of anilines is 1. The summed E-state index contributed by atoms with van der Waals surface area (Å²) < 4.78 is 0. The number of nitrogens with one attached hydrogen (secondary N) is 1. The highest BCUT2D eigenvalue weighted by molar-refractivity contribution is 6.30. The van der Waals surface area contributed by atoms with Crippen molar-refractivity contribution in [3.8, 4) is 11.3 Å². The lowest BCUT2D eigenvalue weighted by atomic mass is 10.1. The summed E-state index contributed by atoms with van der Waals surface area (Å²) in [5.74, 6) is 0.396. The molecular formula is C23H22ClN5O2. The number of nitrogens with zero attached hydrogens (tertiary/aromatic N) is 4. The Morgan fingerprint density at radius 2 is 1.58 bits per heavy atom. The van der Waals surface area contributed by atoms with Gasteiger partial charge >= 0.3 is 0 Å². The normalized spacial score (nSPS) is 13.7. The average Bonchev–Trinajstić information content (AvgIpc) is 2.83. The number of carbonyl (C=O) groups excluding carboxylic acids is 2. The van der Waals surface area contributed by atoms with Crippen molar-refractivity contribution in [2.24, 2.45) is 0 Å². The van der Waals surface area contributed by atoms with E-state index in [1.165, 1.54) is 0 Å². The van der Waals surface area contributed by atoms with E-state index in [-0.39, 0.29) is 18.4 Å². The average molecular weight is 436 g/mol. The van der Waals surface area contributed by atoms with Crippen molar-refractivity contribution >= 4 is 29.2 Å². The van der Waals surface area contributed by atoms with Crippen molar-refractivity contribution in [2.45, 2.75) is 0 Å². The molecule has 8 heteroatoms. The maximum Gasteiger partial charge on any atom is 0.251 e. The number of hydrogen-bond acceptors (Lipinski definition) is 5. The minimum atomic E-state index is -0.294. The standard InChI is InChI=1S/C23H22ClN5O2/c24-19-8-6-18(7-9-19)23(31)25-16-22(30)29-14-12-28(13-15-29)21-11-10-20(26-27-21)17-4-2-1-3-5-17/h1-11H,12-16H2,(H,25,31). The van der Waals surface area contributed by atoms with Gasteiger partial charge in [-0.2, -0.15) is 0 Å². The first-order valence-corrected chi connectivity index (χ1v) is 10.4. The van der Waals surface area contributed by atoms with E-state index in [2.05, 4.69) is 20.4 Å². The minimum absolute atomic E-state index is 0.0347. The summed E-state index contributed by atoms with van der Waals surface area (Å²) >= 11 is 5.83. The Hall–Kier alpha value is -3.45. The predicted molar refractivity (Wildman–Crippen MR) is 120 cm³/mol. The van der Waals surface area contributed by atoms with Crippen LogP contribution in [0, 0.1) is 0 Å². The van der Waals surface area contributed by atoms with E-state index in [1.807, 2.05) is 42.5 Å². The quantitative estimate of drug-likeness (QED) is 0.666. The fraction of sp³-hybridized carbons (Fsp3) is 0.217. The molecule has 158 valence electrons. The zero-order valence-electron chi connectivity index (χ0n) is 16.9. The Balaban J connectivity index is 1.26. The van der Waals surface area contributed by atoms with Crippen LogP contribution in [0.3, 0.4) is 0 Å². The number of rotatable bonds is 5. The lowest BCUT2D eigenvalue weighted by Gasteiger charge is -2.35. The van der Waals surface area contributed by atoms with E-state index in [1.54, 1.807) is 29.2 Å². The highest BCUT2D eigenvalue weighted by atomic mass is 35.5. The minimum Gasteiger partial charge on any atom is -0.352 e. The van der Waals surface area contributed by atoms with Crippen molar-refractivity contribution in [3.05, 3.63) is 77.3 Å². The lowest BCUT2D eigenvalue weighted by molar-refractivity contribution is -0.130. The van der Waals surface area contributed by atoms with E-state index in [4.69, 9.17) is 11.6 Å². The van der Waals surface area contributed by atoms with Crippen LogP contribution in [-0.2, 0) is 4.79 Å². The summed E-state index contributed by atoms with van der Waals surface area (Å²) in [7, 11) is 0. The Labute approximate surface area is 185 Å². The molecule has 0 atom stereocenters. The number of carbonyl (C=O) groups is 2. The molecule has 4 rings (SSSR count). The Kier molecular flexibility index (Phi) is 6.43. The molecule has 1 aliphatic heterocycles. The first-order valence-electron chi connectivity index (χ1n) is 10.1. The Bertz CT molecular complexity index is 1030. The summed E-state index contributed by atoms with van der Waals surface area (Å²) in [5, 5.41) is 11.9. The molecule has 1 fully saturated rings. The fourth-order valence-corrected chi connectivity index (χ4v) is 3.54. The molecule has 1 aromatic heterocycles. The van der Waals surface area contributed by atoms with Crippen LogP contribution in [0.15, 0.2) is 66.7 Å². The van der Waals surface area contributed by atoms with Gasteiger partial charge in [-0.1, -0.05) is 41.9 Å². The molecule has 0 radical (unpaired) electrons. The molecule has 2 aromatic carbocycles. The third kappa shape index (κ3) is 5.19. The first kappa shape index (κ1) is 20.8. The fourth-order valence-electron chi connectivity index (χ4n) is 3.41. The number of amides is 2. The molecule has 31 heavy (non-hydrogen) atoms. The van der Waals surface area contributed by atoms with Crippen molar-refractivity contribution in [1.29, 1.82) is 0 Å². The molecule has 0 unspecified atom stereocenters. The number of piperazine rings is 1. The van der Waals surface area contributed by atoms with Crippen LogP contribution in [0.4, 0.5) is 5.82 Å². The molecule has 7 nitrogen and oxygen atoms in total. The molecule has 3 aromatic rings. The van der Waals surface area contributed by atoms with Gasteiger partial charge in [-0.3, -0.25) is 9.59 Å². The van der Waals surface area contributed by atoms with Crippen molar-refractivity contribution in [2.75, 3.05) is 37.6 Å². The molecule has 0 spiro atoms. The molecule has 0 aliphatic carbocycles. The number of benzene rings is 2. The number of hydrogen-bond donors (Lipinski definition) is 1. The lowest BCUT2D eigenvalue weighted by Crippen LogP contribution is -2.51. The van der Waals surface area contributed by atoms with Gasteiger partial charge in [-0.15, -0.1) is 10.2 Å². The predicted octanol–water partition coefficient (Wildman–Crippen LogP) is 2.88. The van der Waals surface area contributed by atoms with Gasteiger partial charge < -0.3 is 15.1 Å².